The maximum absolute atomic E-state index is 13.4. The summed E-state index contributed by atoms with van der Waals surface area (Å²) in [6.07, 6.45) is -2.32. The fraction of sp³-hybridized carbons (Fsp3) is 0.250. The molecular formula is C12H10FNO3. The number of Topliss-reactive ketones (excluding diaryl/α,β-unsaturated/α-hetero) is 1. The minimum absolute atomic E-state index is 0.0138. The van der Waals surface area contributed by atoms with Gasteiger partial charge in [-0.05, 0) is 31.2 Å². The van der Waals surface area contributed by atoms with Gasteiger partial charge in [0, 0.05) is 5.56 Å². The van der Waals surface area contributed by atoms with Crippen molar-refractivity contribution in [2.24, 2.45) is 0 Å². The number of ether oxygens (including phenoxy) is 1. The number of hydrogen-bond donors (Lipinski definition) is 0. The van der Waals surface area contributed by atoms with Gasteiger partial charge < -0.3 is 4.74 Å². The van der Waals surface area contributed by atoms with Crippen molar-refractivity contribution in [1.82, 2.24) is 0 Å². The highest BCUT2D eigenvalue weighted by Crippen LogP contribution is 2.09. The zero-order chi connectivity index (χ0) is 12.8. The fourth-order valence-corrected chi connectivity index (χ4v) is 1.18. The lowest BCUT2D eigenvalue weighted by Gasteiger charge is -2.06. The lowest BCUT2D eigenvalue weighted by molar-refractivity contribution is -0.147. The van der Waals surface area contributed by atoms with Crippen LogP contribution in [-0.2, 0) is 9.53 Å². The van der Waals surface area contributed by atoms with Gasteiger partial charge in [-0.2, -0.15) is 5.26 Å². The molecule has 0 spiro atoms. The average molecular weight is 235 g/mol. The Kier molecular flexibility index (Phi) is 4.35. The number of carbonyl (C=O) groups excluding carboxylic acids is 2. The van der Waals surface area contributed by atoms with Gasteiger partial charge in [-0.25, -0.2) is 9.18 Å². The van der Waals surface area contributed by atoms with Crippen LogP contribution >= 0.6 is 0 Å². The molecule has 0 radical (unpaired) electrons. The average Bonchev–Trinajstić information content (AvgIpc) is 2.37. The van der Waals surface area contributed by atoms with Gasteiger partial charge in [-0.1, -0.05) is 0 Å². The van der Waals surface area contributed by atoms with E-state index in [1.54, 1.807) is 0 Å². The molecule has 0 amide bonds. The predicted molar refractivity (Wildman–Crippen MR) is 57.0 cm³/mol. The van der Waals surface area contributed by atoms with E-state index in [9.17, 15) is 14.0 Å². The molecule has 0 aliphatic heterocycles. The number of nitriles is 1. The third kappa shape index (κ3) is 3.11. The third-order valence-electron chi connectivity index (χ3n) is 2.02. The third-order valence-corrected chi connectivity index (χ3v) is 2.02. The number of carbonyl (C=O) groups is 2. The predicted octanol–water partition coefficient (Wildman–Crippen LogP) is 1.64. The van der Waals surface area contributed by atoms with Crippen LogP contribution < -0.4 is 0 Å². The Morgan fingerprint density at radius 2 is 2.00 bits per heavy atom. The van der Waals surface area contributed by atoms with Crippen molar-refractivity contribution in [2.75, 3.05) is 6.61 Å². The van der Waals surface area contributed by atoms with Crippen LogP contribution in [0.1, 0.15) is 22.8 Å². The summed E-state index contributed by atoms with van der Waals surface area (Å²) in [6.45, 7) is 1.54. The van der Waals surface area contributed by atoms with E-state index in [0.29, 0.717) is 5.56 Å². The molecule has 1 aromatic rings. The molecule has 88 valence electrons. The van der Waals surface area contributed by atoms with Crippen molar-refractivity contribution >= 4 is 11.8 Å². The minimum Gasteiger partial charge on any atom is -0.463 e. The molecule has 1 aromatic carbocycles. The molecule has 1 rings (SSSR count). The normalized spacial score (nSPS) is 11.4. The van der Waals surface area contributed by atoms with Crippen LogP contribution in [0.2, 0.25) is 0 Å². The number of nitrogens with zero attached hydrogens (tertiary/aromatic N) is 1. The van der Waals surface area contributed by atoms with Gasteiger partial charge in [-0.3, -0.25) is 4.79 Å². The summed E-state index contributed by atoms with van der Waals surface area (Å²) in [5.41, 5.74) is 0.387. The highest BCUT2D eigenvalue weighted by Gasteiger charge is 2.28. The van der Waals surface area contributed by atoms with Gasteiger partial charge in [-0.15, -0.1) is 0 Å². The van der Waals surface area contributed by atoms with E-state index in [-0.39, 0.29) is 12.2 Å². The summed E-state index contributed by atoms with van der Waals surface area (Å²) >= 11 is 0. The number of ketones is 1. The van der Waals surface area contributed by atoms with E-state index in [1.807, 2.05) is 6.07 Å². The van der Waals surface area contributed by atoms with Crippen LogP contribution in [0.25, 0.3) is 0 Å². The van der Waals surface area contributed by atoms with Gasteiger partial charge in [0.25, 0.3) is 6.17 Å². The highest BCUT2D eigenvalue weighted by molar-refractivity contribution is 6.11. The maximum Gasteiger partial charge on any atom is 0.348 e. The lowest BCUT2D eigenvalue weighted by Crippen LogP contribution is -2.27. The molecule has 0 saturated carbocycles. The Hall–Kier alpha value is -2.22. The monoisotopic (exact) mass is 235 g/mol. The number of benzene rings is 1. The van der Waals surface area contributed by atoms with E-state index in [0.717, 1.165) is 0 Å². The van der Waals surface area contributed by atoms with E-state index < -0.39 is 17.9 Å². The summed E-state index contributed by atoms with van der Waals surface area (Å²) in [5.74, 6) is -2.16. The number of esters is 1. The Labute approximate surface area is 97.6 Å². The van der Waals surface area contributed by atoms with E-state index in [1.165, 1.54) is 31.2 Å². The molecule has 0 aromatic heterocycles. The molecule has 1 atom stereocenters. The maximum atomic E-state index is 13.4. The first kappa shape index (κ1) is 12.8. The minimum atomic E-state index is -2.32. The second-order valence-electron chi connectivity index (χ2n) is 3.17. The van der Waals surface area contributed by atoms with E-state index in [4.69, 9.17) is 5.26 Å². The molecular weight excluding hydrogens is 225 g/mol. The molecule has 17 heavy (non-hydrogen) atoms. The zero-order valence-electron chi connectivity index (χ0n) is 9.14. The molecule has 0 heterocycles. The van der Waals surface area contributed by atoms with E-state index >= 15 is 0 Å². The van der Waals surface area contributed by atoms with Crippen LogP contribution in [0, 0.1) is 11.3 Å². The summed E-state index contributed by atoms with van der Waals surface area (Å²) < 4.78 is 17.8. The highest BCUT2D eigenvalue weighted by atomic mass is 19.1. The van der Waals surface area contributed by atoms with Crippen molar-refractivity contribution in [1.29, 1.82) is 5.26 Å². The number of rotatable bonds is 4. The Balaban J connectivity index is 2.82. The molecule has 4 nitrogen and oxygen atoms in total. The first-order chi connectivity index (χ1) is 8.10. The topological polar surface area (TPSA) is 67.2 Å². The number of hydrogen-bond acceptors (Lipinski definition) is 4. The Morgan fingerprint density at radius 3 is 2.47 bits per heavy atom. The first-order valence-electron chi connectivity index (χ1n) is 4.95. The van der Waals surface area contributed by atoms with Crippen LogP contribution in [0.5, 0.6) is 0 Å². The van der Waals surface area contributed by atoms with Crippen molar-refractivity contribution in [2.45, 2.75) is 13.1 Å². The van der Waals surface area contributed by atoms with Crippen LogP contribution in [0.3, 0.4) is 0 Å². The molecule has 0 N–H and O–H groups in total. The van der Waals surface area contributed by atoms with Crippen molar-refractivity contribution < 1.29 is 18.7 Å². The molecule has 0 fully saturated rings. The summed E-state index contributed by atoms with van der Waals surface area (Å²) in [6, 6.07) is 7.23. The van der Waals surface area contributed by atoms with Gasteiger partial charge in [0.05, 0.1) is 18.2 Å². The standard InChI is InChI=1S/C12H10FNO3/c1-2-17-12(16)10(13)11(15)9-5-3-8(7-14)4-6-9/h3-6,10H,2H2,1H3. The molecule has 0 aliphatic carbocycles. The smallest absolute Gasteiger partial charge is 0.348 e. The fourth-order valence-electron chi connectivity index (χ4n) is 1.18. The second kappa shape index (κ2) is 5.75. The molecule has 5 heteroatoms. The van der Waals surface area contributed by atoms with Gasteiger partial charge in [0.2, 0.25) is 5.78 Å². The molecule has 0 aliphatic rings. The van der Waals surface area contributed by atoms with Crippen LogP contribution in [0.4, 0.5) is 4.39 Å². The van der Waals surface area contributed by atoms with Crippen molar-refractivity contribution in [3.63, 3.8) is 0 Å². The summed E-state index contributed by atoms with van der Waals surface area (Å²) in [4.78, 5) is 22.5. The summed E-state index contributed by atoms with van der Waals surface area (Å²) in [7, 11) is 0. The lowest BCUT2D eigenvalue weighted by atomic mass is 10.1. The molecule has 1 unspecified atom stereocenters. The molecule has 0 saturated heterocycles. The quantitative estimate of drug-likeness (QED) is 0.452. The van der Waals surface area contributed by atoms with Crippen LogP contribution in [0.15, 0.2) is 24.3 Å². The largest absolute Gasteiger partial charge is 0.463 e. The Bertz CT molecular complexity index is 462. The van der Waals surface area contributed by atoms with Crippen molar-refractivity contribution in [3.05, 3.63) is 35.4 Å². The number of alkyl halides is 1. The zero-order valence-corrected chi connectivity index (χ0v) is 9.14. The number of halogens is 1. The van der Waals surface area contributed by atoms with E-state index in [2.05, 4.69) is 4.74 Å². The first-order valence-corrected chi connectivity index (χ1v) is 4.95. The van der Waals surface area contributed by atoms with Gasteiger partial charge in [0.1, 0.15) is 0 Å². The van der Waals surface area contributed by atoms with Crippen LogP contribution in [-0.4, -0.2) is 24.5 Å². The van der Waals surface area contributed by atoms with Crippen molar-refractivity contribution in [3.8, 4) is 6.07 Å². The SMILES string of the molecule is CCOC(=O)C(F)C(=O)c1ccc(C#N)cc1. The Morgan fingerprint density at radius 1 is 1.41 bits per heavy atom. The van der Waals surface area contributed by atoms with Gasteiger partial charge >= 0.3 is 5.97 Å². The van der Waals surface area contributed by atoms with Gasteiger partial charge in [0.15, 0.2) is 0 Å². The second-order valence-corrected chi connectivity index (χ2v) is 3.17. The summed E-state index contributed by atoms with van der Waals surface area (Å²) in [5, 5.41) is 8.55. The molecule has 0 bridgehead atoms.